The van der Waals surface area contributed by atoms with Crippen molar-refractivity contribution in [2.45, 2.75) is 5.94 Å². The fourth-order valence-corrected chi connectivity index (χ4v) is 2.34. The number of nitrogens with zero attached hydrogens (tertiary/aromatic N) is 1. The average Bonchev–Trinajstić information content (AvgIpc) is 2.53. The highest BCUT2D eigenvalue weighted by Gasteiger charge is 2.24. The van der Waals surface area contributed by atoms with Crippen LogP contribution in [0.25, 0.3) is 10.9 Å². The SMILES string of the molecule is OB(O)C(Nc1ccc2ncccc2c1)c1ccccc1. The summed E-state index contributed by atoms with van der Waals surface area (Å²) in [4.78, 5) is 4.27. The maximum Gasteiger partial charge on any atom is 0.480 e. The van der Waals surface area contributed by atoms with E-state index in [2.05, 4.69) is 10.3 Å². The Labute approximate surface area is 123 Å². The van der Waals surface area contributed by atoms with Crippen molar-refractivity contribution in [3.05, 3.63) is 72.4 Å². The fraction of sp³-hybridized carbons (Fsp3) is 0.0625. The Morgan fingerprint density at radius 1 is 0.952 bits per heavy atom. The van der Waals surface area contributed by atoms with Crippen LogP contribution in [0.5, 0.6) is 0 Å². The smallest absolute Gasteiger partial charge is 0.426 e. The van der Waals surface area contributed by atoms with E-state index >= 15 is 0 Å². The molecule has 0 saturated carbocycles. The minimum absolute atomic E-state index is 0.583. The molecule has 1 unspecified atom stereocenters. The highest BCUT2D eigenvalue weighted by molar-refractivity contribution is 6.43. The number of hydrogen-bond acceptors (Lipinski definition) is 4. The summed E-state index contributed by atoms with van der Waals surface area (Å²) < 4.78 is 0. The first-order chi connectivity index (χ1) is 10.2. The van der Waals surface area contributed by atoms with Gasteiger partial charge in [-0.15, -0.1) is 0 Å². The van der Waals surface area contributed by atoms with Crippen LogP contribution in [0, 0.1) is 0 Å². The summed E-state index contributed by atoms with van der Waals surface area (Å²) in [5, 5.41) is 23.4. The standard InChI is InChI=1S/C16H15BN2O2/c20-17(21)16(12-5-2-1-3-6-12)19-14-8-9-15-13(11-14)7-4-10-18-15/h1-11,16,19-21H. The number of hydrogen-bond donors (Lipinski definition) is 3. The molecule has 0 aliphatic carbocycles. The Kier molecular flexibility index (Phi) is 3.86. The molecule has 0 aliphatic heterocycles. The second-order valence-electron chi connectivity index (χ2n) is 4.86. The van der Waals surface area contributed by atoms with Crippen LogP contribution < -0.4 is 5.32 Å². The van der Waals surface area contributed by atoms with Gasteiger partial charge in [-0.3, -0.25) is 4.98 Å². The van der Waals surface area contributed by atoms with Crippen LogP contribution in [0.15, 0.2) is 66.9 Å². The molecule has 0 radical (unpaired) electrons. The maximum absolute atomic E-state index is 9.62. The molecule has 0 saturated heterocycles. The van der Waals surface area contributed by atoms with Gasteiger partial charge < -0.3 is 15.4 Å². The molecule has 5 heteroatoms. The molecule has 0 aliphatic rings. The second-order valence-corrected chi connectivity index (χ2v) is 4.86. The molecule has 1 atom stereocenters. The molecule has 0 amide bonds. The molecule has 1 aromatic heterocycles. The first-order valence-electron chi connectivity index (χ1n) is 6.76. The van der Waals surface area contributed by atoms with E-state index in [9.17, 15) is 10.0 Å². The van der Waals surface area contributed by atoms with Crippen molar-refractivity contribution < 1.29 is 10.0 Å². The van der Waals surface area contributed by atoms with Crippen molar-refractivity contribution >= 4 is 23.7 Å². The van der Waals surface area contributed by atoms with Crippen LogP contribution in [0.4, 0.5) is 5.69 Å². The first-order valence-corrected chi connectivity index (χ1v) is 6.76. The van der Waals surface area contributed by atoms with Gasteiger partial charge in [-0.2, -0.15) is 0 Å². The van der Waals surface area contributed by atoms with E-state index in [1.807, 2.05) is 60.7 Å². The first kappa shape index (κ1) is 13.6. The Morgan fingerprint density at radius 2 is 1.76 bits per heavy atom. The van der Waals surface area contributed by atoms with Gasteiger partial charge in [-0.05, 0) is 29.8 Å². The van der Waals surface area contributed by atoms with Gasteiger partial charge in [0.1, 0.15) is 0 Å². The molecule has 0 fully saturated rings. The van der Waals surface area contributed by atoms with Gasteiger partial charge in [-0.1, -0.05) is 36.4 Å². The van der Waals surface area contributed by atoms with Crippen LogP contribution in [0.1, 0.15) is 11.5 Å². The topological polar surface area (TPSA) is 65.4 Å². The lowest BCUT2D eigenvalue weighted by atomic mass is 9.75. The number of fused-ring (bicyclic) bond motifs is 1. The number of rotatable bonds is 4. The van der Waals surface area contributed by atoms with Crippen molar-refractivity contribution in [2.75, 3.05) is 5.32 Å². The predicted molar refractivity (Wildman–Crippen MR) is 84.7 cm³/mol. The summed E-state index contributed by atoms with van der Waals surface area (Å²) in [6, 6.07) is 18.9. The molecule has 0 spiro atoms. The zero-order valence-electron chi connectivity index (χ0n) is 11.3. The lowest BCUT2D eigenvalue weighted by Crippen LogP contribution is -2.29. The largest absolute Gasteiger partial charge is 0.480 e. The van der Waals surface area contributed by atoms with Crippen molar-refractivity contribution in [2.24, 2.45) is 0 Å². The normalized spacial score (nSPS) is 12.1. The molecule has 0 bridgehead atoms. The predicted octanol–water partition coefficient (Wildman–Crippen LogP) is 2.40. The van der Waals surface area contributed by atoms with E-state index < -0.39 is 13.1 Å². The lowest BCUT2D eigenvalue weighted by Gasteiger charge is -2.19. The van der Waals surface area contributed by atoms with Gasteiger partial charge in [0.05, 0.1) is 11.5 Å². The van der Waals surface area contributed by atoms with Crippen LogP contribution in [-0.4, -0.2) is 22.2 Å². The van der Waals surface area contributed by atoms with Gasteiger partial charge in [-0.25, -0.2) is 0 Å². The summed E-state index contributed by atoms with van der Waals surface area (Å²) in [6.07, 6.45) is 1.75. The van der Waals surface area contributed by atoms with Crippen LogP contribution in [0.2, 0.25) is 0 Å². The molecular formula is C16H15BN2O2. The van der Waals surface area contributed by atoms with E-state index in [1.165, 1.54) is 0 Å². The van der Waals surface area contributed by atoms with E-state index in [4.69, 9.17) is 0 Å². The Hall–Kier alpha value is -2.37. The molecule has 104 valence electrons. The van der Waals surface area contributed by atoms with Crippen molar-refractivity contribution in [3.63, 3.8) is 0 Å². The summed E-state index contributed by atoms with van der Waals surface area (Å²) >= 11 is 0. The summed E-state index contributed by atoms with van der Waals surface area (Å²) in [5.41, 5.74) is 2.54. The van der Waals surface area contributed by atoms with Crippen LogP contribution >= 0.6 is 0 Å². The second kappa shape index (κ2) is 5.95. The summed E-state index contributed by atoms with van der Waals surface area (Å²) in [7, 11) is -1.49. The molecule has 2 aromatic carbocycles. The third-order valence-corrected chi connectivity index (χ3v) is 3.38. The molecule has 3 N–H and O–H groups in total. The van der Waals surface area contributed by atoms with E-state index in [1.54, 1.807) is 6.20 Å². The van der Waals surface area contributed by atoms with E-state index in [0.717, 1.165) is 22.2 Å². The van der Waals surface area contributed by atoms with Gasteiger partial charge in [0, 0.05) is 17.3 Å². The summed E-state index contributed by atoms with van der Waals surface area (Å²) in [6.45, 7) is 0. The van der Waals surface area contributed by atoms with E-state index in [-0.39, 0.29) is 0 Å². The highest BCUT2D eigenvalue weighted by Crippen LogP contribution is 2.23. The lowest BCUT2D eigenvalue weighted by molar-refractivity contribution is 0.393. The van der Waals surface area contributed by atoms with Gasteiger partial charge in [0.15, 0.2) is 0 Å². The van der Waals surface area contributed by atoms with Gasteiger partial charge in [0.25, 0.3) is 0 Å². The van der Waals surface area contributed by atoms with Gasteiger partial charge in [0.2, 0.25) is 0 Å². The minimum atomic E-state index is -1.49. The minimum Gasteiger partial charge on any atom is -0.426 e. The van der Waals surface area contributed by atoms with Gasteiger partial charge >= 0.3 is 7.12 Å². The Bertz CT molecular complexity index is 734. The number of anilines is 1. The third-order valence-electron chi connectivity index (χ3n) is 3.38. The number of pyridine rings is 1. The molecular weight excluding hydrogens is 263 g/mol. The number of aromatic nitrogens is 1. The number of nitrogens with one attached hydrogen (secondary N) is 1. The highest BCUT2D eigenvalue weighted by atomic mass is 16.4. The molecule has 21 heavy (non-hydrogen) atoms. The van der Waals surface area contributed by atoms with Crippen molar-refractivity contribution in [3.8, 4) is 0 Å². The van der Waals surface area contributed by atoms with Crippen molar-refractivity contribution in [1.29, 1.82) is 0 Å². The molecule has 3 aromatic rings. The molecule has 3 rings (SSSR count). The Morgan fingerprint density at radius 3 is 2.52 bits per heavy atom. The van der Waals surface area contributed by atoms with E-state index in [0.29, 0.717) is 0 Å². The maximum atomic E-state index is 9.62. The zero-order chi connectivity index (χ0) is 14.7. The van der Waals surface area contributed by atoms with Crippen LogP contribution in [-0.2, 0) is 0 Å². The average molecular weight is 278 g/mol. The quantitative estimate of drug-likeness (QED) is 0.641. The molecule has 4 nitrogen and oxygen atoms in total. The number of benzene rings is 2. The third kappa shape index (κ3) is 3.04. The monoisotopic (exact) mass is 278 g/mol. The summed E-state index contributed by atoms with van der Waals surface area (Å²) in [5.74, 6) is -0.583. The van der Waals surface area contributed by atoms with Crippen LogP contribution in [0.3, 0.4) is 0 Å². The fourth-order valence-electron chi connectivity index (χ4n) is 2.34. The zero-order valence-corrected chi connectivity index (χ0v) is 11.3. The van der Waals surface area contributed by atoms with Crippen molar-refractivity contribution in [1.82, 2.24) is 4.98 Å². The molecule has 1 heterocycles. The Balaban J connectivity index is 1.91.